The van der Waals surface area contributed by atoms with Crippen molar-refractivity contribution in [2.75, 3.05) is 0 Å². The second-order valence-electron chi connectivity index (χ2n) is 3.95. The van der Waals surface area contributed by atoms with Crippen LogP contribution >= 0.6 is 0 Å². The van der Waals surface area contributed by atoms with Gasteiger partial charge in [-0.1, -0.05) is 18.2 Å². The molecule has 2 heterocycles. The van der Waals surface area contributed by atoms with Gasteiger partial charge in [-0.2, -0.15) is 5.26 Å². The number of pyridine rings is 2. The van der Waals surface area contributed by atoms with E-state index in [1.165, 1.54) is 0 Å². The molecule has 3 rings (SSSR count). The van der Waals surface area contributed by atoms with Crippen LogP contribution in [0, 0.1) is 11.3 Å². The Morgan fingerprint density at radius 1 is 0.944 bits per heavy atom. The van der Waals surface area contributed by atoms with Crippen LogP contribution in [0.5, 0.6) is 0 Å². The second kappa shape index (κ2) is 4.27. The van der Waals surface area contributed by atoms with Crippen molar-refractivity contribution < 1.29 is 0 Å². The van der Waals surface area contributed by atoms with Gasteiger partial charge in [0.2, 0.25) is 0 Å². The summed E-state index contributed by atoms with van der Waals surface area (Å²) in [5, 5.41) is 9.99. The van der Waals surface area contributed by atoms with Crippen LogP contribution in [-0.2, 0) is 0 Å². The molecule has 0 aliphatic rings. The smallest absolute Gasteiger partial charge is 0.0992 e. The molecule has 0 fully saturated rings. The Morgan fingerprint density at radius 2 is 1.89 bits per heavy atom. The maximum atomic E-state index is 8.89. The molecular weight excluding hydrogens is 222 g/mol. The van der Waals surface area contributed by atoms with E-state index >= 15 is 0 Å². The molecule has 3 aromatic rings. The molecule has 0 spiro atoms. The number of rotatable bonds is 1. The summed E-state index contributed by atoms with van der Waals surface area (Å²) in [5.41, 5.74) is 3.31. The molecule has 0 bridgehead atoms. The number of nitrogens with zero attached hydrogens (tertiary/aromatic N) is 3. The summed E-state index contributed by atoms with van der Waals surface area (Å²) in [6.07, 6.45) is 3.42. The van der Waals surface area contributed by atoms with E-state index in [1.807, 2.05) is 30.3 Å². The van der Waals surface area contributed by atoms with Gasteiger partial charge in [-0.3, -0.25) is 9.97 Å². The molecule has 0 radical (unpaired) electrons. The zero-order valence-electron chi connectivity index (χ0n) is 9.54. The van der Waals surface area contributed by atoms with E-state index in [4.69, 9.17) is 5.26 Å². The first-order chi connectivity index (χ1) is 8.86. The molecule has 0 aliphatic carbocycles. The van der Waals surface area contributed by atoms with Crippen molar-refractivity contribution >= 4 is 10.9 Å². The first kappa shape index (κ1) is 10.4. The maximum Gasteiger partial charge on any atom is 0.0992 e. The van der Waals surface area contributed by atoms with Gasteiger partial charge < -0.3 is 0 Å². The third-order valence-corrected chi connectivity index (χ3v) is 2.79. The Morgan fingerprint density at radius 3 is 2.78 bits per heavy atom. The molecule has 0 saturated carbocycles. The fourth-order valence-corrected chi connectivity index (χ4v) is 1.88. The number of hydrogen-bond donors (Lipinski definition) is 0. The fraction of sp³-hybridized carbons (Fsp3) is 0. The molecule has 84 valence electrons. The molecule has 0 atom stereocenters. The highest BCUT2D eigenvalue weighted by atomic mass is 14.7. The van der Waals surface area contributed by atoms with Crippen molar-refractivity contribution in [2.24, 2.45) is 0 Å². The molecule has 0 unspecified atom stereocenters. The number of fused-ring (bicyclic) bond motifs is 1. The van der Waals surface area contributed by atoms with Crippen LogP contribution in [0.4, 0.5) is 0 Å². The lowest BCUT2D eigenvalue weighted by molar-refractivity contribution is 1.31. The third kappa shape index (κ3) is 1.80. The normalized spacial score (nSPS) is 10.2. The van der Waals surface area contributed by atoms with E-state index in [-0.39, 0.29) is 0 Å². The average Bonchev–Trinajstić information content (AvgIpc) is 2.47. The first-order valence-electron chi connectivity index (χ1n) is 5.58. The van der Waals surface area contributed by atoms with Crippen LogP contribution in [-0.4, -0.2) is 9.97 Å². The van der Waals surface area contributed by atoms with Gasteiger partial charge in [0.1, 0.15) is 0 Å². The second-order valence-corrected chi connectivity index (χ2v) is 3.95. The van der Waals surface area contributed by atoms with Crippen LogP contribution in [0.1, 0.15) is 5.56 Å². The van der Waals surface area contributed by atoms with Crippen LogP contribution in [0.2, 0.25) is 0 Å². The summed E-state index contributed by atoms with van der Waals surface area (Å²) in [6, 6.07) is 15.5. The summed E-state index contributed by atoms with van der Waals surface area (Å²) in [6.45, 7) is 0. The molecule has 18 heavy (non-hydrogen) atoms. The Labute approximate surface area is 104 Å². The molecule has 0 amide bonds. The van der Waals surface area contributed by atoms with E-state index < -0.39 is 0 Å². The highest BCUT2D eigenvalue weighted by Crippen LogP contribution is 2.22. The molecule has 0 aliphatic heterocycles. The molecule has 3 nitrogen and oxygen atoms in total. The molecular formula is C15H9N3. The van der Waals surface area contributed by atoms with Crippen LogP contribution in [0.15, 0.2) is 54.9 Å². The third-order valence-electron chi connectivity index (χ3n) is 2.79. The highest BCUT2D eigenvalue weighted by molar-refractivity contribution is 5.83. The van der Waals surface area contributed by atoms with E-state index in [2.05, 4.69) is 16.0 Å². The Kier molecular flexibility index (Phi) is 2.47. The summed E-state index contributed by atoms with van der Waals surface area (Å²) in [5.74, 6) is 0. The lowest BCUT2D eigenvalue weighted by Crippen LogP contribution is -1.86. The number of benzene rings is 1. The summed E-state index contributed by atoms with van der Waals surface area (Å²) in [7, 11) is 0. The van der Waals surface area contributed by atoms with E-state index in [9.17, 15) is 0 Å². The van der Waals surface area contributed by atoms with E-state index in [0.717, 1.165) is 22.2 Å². The minimum atomic E-state index is 0.612. The predicted molar refractivity (Wildman–Crippen MR) is 69.7 cm³/mol. The van der Waals surface area contributed by atoms with Crippen LogP contribution < -0.4 is 0 Å². The minimum absolute atomic E-state index is 0.612. The van der Waals surface area contributed by atoms with Crippen LogP contribution in [0.3, 0.4) is 0 Å². The Balaban J connectivity index is 2.16. The fourth-order valence-electron chi connectivity index (χ4n) is 1.88. The van der Waals surface area contributed by atoms with Gasteiger partial charge in [-0.05, 0) is 24.3 Å². The van der Waals surface area contributed by atoms with Crippen molar-refractivity contribution in [2.45, 2.75) is 0 Å². The molecule has 3 heteroatoms. The van der Waals surface area contributed by atoms with E-state index in [0.29, 0.717) is 5.56 Å². The van der Waals surface area contributed by atoms with Gasteiger partial charge in [-0.25, -0.2) is 0 Å². The first-order valence-corrected chi connectivity index (χ1v) is 5.58. The van der Waals surface area contributed by atoms with Gasteiger partial charge in [0.25, 0.3) is 0 Å². The summed E-state index contributed by atoms with van der Waals surface area (Å²) >= 11 is 0. The maximum absolute atomic E-state index is 8.89. The zero-order chi connectivity index (χ0) is 12.4. The quantitative estimate of drug-likeness (QED) is 0.646. The monoisotopic (exact) mass is 231 g/mol. The standard InChI is InChI=1S/C15H9N3/c16-10-11-5-7-18-14(8-11)13-4-3-12-2-1-6-17-15(12)9-13/h1-9H. The minimum Gasteiger partial charge on any atom is -0.256 e. The van der Waals surface area contributed by atoms with Gasteiger partial charge in [0, 0.05) is 23.3 Å². The van der Waals surface area contributed by atoms with Crippen molar-refractivity contribution in [3.63, 3.8) is 0 Å². The van der Waals surface area contributed by atoms with Gasteiger partial charge in [0.15, 0.2) is 0 Å². The number of aromatic nitrogens is 2. The SMILES string of the molecule is N#Cc1ccnc(-c2ccc3cccnc3c2)c1. The zero-order valence-corrected chi connectivity index (χ0v) is 9.54. The van der Waals surface area contributed by atoms with Gasteiger partial charge >= 0.3 is 0 Å². The predicted octanol–water partition coefficient (Wildman–Crippen LogP) is 3.17. The van der Waals surface area contributed by atoms with Gasteiger partial charge in [0.05, 0.1) is 22.8 Å². The van der Waals surface area contributed by atoms with Crippen molar-refractivity contribution in [3.05, 3.63) is 60.4 Å². The number of nitriles is 1. The van der Waals surface area contributed by atoms with E-state index in [1.54, 1.807) is 24.5 Å². The summed E-state index contributed by atoms with van der Waals surface area (Å²) in [4.78, 5) is 8.60. The largest absolute Gasteiger partial charge is 0.256 e. The van der Waals surface area contributed by atoms with Crippen molar-refractivity contribution in [1.82, 2.24) is 9.97 Å². The molecule has 2 aromatic heterocycles. The average molecular weight is 231 g/mol. The van der Waals surface area contributed by atoms with Crippen molar-refractivity contribution in [1.29, 1.82) is 5.26 Å². The summed E-state index contributed by atoms with van der Waals surface area (Å²) < 4.78 is 0. The lowest BCUT2D eigenvalue weighted by atomic mass is 10.1. The molecule has 0 N–H and O–H groups in total. The molecule has 1 aromatic carbocycles. The Hall–Kier alpha value is -2.73. The lowest BCUT2D eigenvalue weighted by Gasteiger charge is -2.02. The van der Waals surface area contributed by atoms with Gasteiger partial charge in [-0.15, -0.1) is 0 Å². The highest BCUT2D eigenvalue weighted by Gasteiger charge is 2.02. The molecule has 0 saturated heterocycles. The Bertz CT molecular complexity index is 757. The van der Waals surface area contributed by atoms with Crippen molar-refractivity contribution in [3.8, 4) is 17.3 Å². The topological polar surface area (TPSA) is 49.6 Å². The number of hydrogen-bond acceptors (Lipinski definition) is 3. The van der Waals surface area contributed by atoms with Crippen LogP contribution in [0.25, 0.3) is 22.2 Å².